The van der Waals surface area contributed by atoms with Gasteiger partial charge in [0.1, 0.15) is 0 Å². The summed E-state index contributed by atoms with van der Waals surface area (Å²) in [7, 11) is 9.98. The topological polar surface area (TPSA) is 17.3 Å². The predicted molar refractivity (Wildman–Crippen MR) is 72.3 cm³/mol. The number of aromatic nitrogens is 1. The van der Waals surface area contributed by atoms with Crippen LogP contribution in [0, 0.1) is 0 Å². The van der Waals surface area contributed by atoms with Gasteiger partial charge in [0.15, 0.2) is 4.80 Å². The van der Waals surface area contributed by atoms with E-state index in [1.807, 2.05) is 20.9 Å². The standard InChI is InChI=1S/C10H15BN2S.C2H6/c1-12-10-13(2)8-5-3-4-7(11)6-9(8)14-10;1-2/h7H,3-6H2,1-2H3;1-2H3. The Bertz CT molecular complexity index is 392. The molecule has 1 aliphatic rings. The first-order valence-electron chi connectivity index (χ1n) is 6.08. The van der Waals surface area contributed by atoms with Gasteiger partial charge in [0, 0.05) is 24.7 Å². The summed E-state index contributed by atoms with van der Waals surface area (Å²) in [5.41, 5.74) is 1.45. The highest BCUT2D eigenvalue weighted by atomic mass is 32.1. The molecule has 4 heteroatoms. The number of hydrogen-bond donors (Lipinski definition) is 0. The average molecular weight is 236 g/mol. The second-order valence-electron chi connectivity index (χ2n) is 3.89. The number of rotatable bonds is 0. The van der Waals surface area contributed by atoms with Gasteiger partial charge in [0.2, 0.25) is 0 Å². The van der Waals surface area contributed by atoms with Crippen molar-refractivity contribution < 1.29 is 0 Å². The number of thiazole rings is 1. The van der Waals surface area contributed by atoms with Crippen molar-refractivity contribution in [3.05, 3.63) is 15.4 Å². The molecule has 1 heterocycles. The molecule has 2 radical (unpaired) electrons. The molecular formula is C12H21BN2S. The SMILES string of the molecule is CC.[B]C1CCCc2c(sc(=NC)n2C)C1. The third kappa shape index (κ3) is 2.79. The lowest BCUT2D eigenvalue weighted by Gasteiger charge is -2.04. The van der Waals surface area contributed by atoms with Gasteiger partial charge in [-0.3, -0.25) is 4.99 Å². The Hall–Kier alpha value is -0.505. The van der Waals surface area contributed by atoms with Gasteiger partial charge in [-0.15, -0.1) is 11.3 Å². The summed E-state index contributed by atoms with van der Waals surface area (Å²) in [4.78, 5) is 6.83. The van der Waals surface area contributed by atoms with E-state index in [9.17, 15) is 0 Å². The maximum absolute atomic E-state index is 6.02. The minimum Gasteiger partial charge on any atom is -0.324 e. The Labute approximate surface area is 104 Å². The molecule has 88 valence electrons. The smallest absolute Gasteiger partial charge is 0.184 e. The Balaban J connectivity index is 0.000000606. The largest absolute Gasteiger partial charge is 0.324 e. The fraction of sp³-hybridized carbons (Fsp3) is 0.750. The summed E-state index contributed by atoms with van der Waals surface area (Å²) in [5.74, 6) is 0.347. The zero-order chi connectivity index (χ0) is 12.1. The summed E-state index contributed by atoms with van der Waals surface area (Å²) in [5, 5.41) is 0. The minimum atomic E-state index is 0.347. The van der Waals surface area contributed by atoms with Crippen molar-refractivity contribution in [2.24, 2.45) is 12.0 Å². The molecule has 2 nitrogen and oxygen atoms in total. The Morgan fingerprint density at radius 3 is 2.75 bits per heavy atom. The van der Waals surface area contributed by atoms with Gasteiger partial charge in [-0.25, -0.2) is 0 Å². The van der Waals surface area contributed by atoms with Crippen molar-refractivity contribution in [3.8, 4) is 0 Å². The summed E-state index contributed by atoms with van der Waals surface area (Å²) in [6.07, 6.45) is 4.55. The lowest BCUT2D eigenvalue weighted by Crippen LogP contribution is -2.12. The van der Waals surface area contributed by atoms with E-state index < -0.39 is 0 Å². The minimum absolute atomic E-state index is 0.347. The first-order valence-corrected chi connectivity index (χ1v) is 6.90. The third-order valence-corrected chi connectivity index (χ3v) is 4.14. The first-order chi connectivity index (χ1) is 7.72. The highest BCUT2D eigenvalue weighted by Gasteiger charge is 2.17. The predicted octanol–water partition coefficient (Wildman–Crippen LogP) is 2.48. The van der Waals surface area contributed by atoms with Crippen LogP contribution in [0.1, 0.15) is 37.3 Å². The van der Waals surface area contributed by atoms with Crippen molar-refractivity contribution >= 4 is 19.2 Å². The van der Waals surface area contributed by atoms with E-state index in [1.165, 1.54) is 17.0 Å². The molecular weight excluding hydrogens is 215 g/mol. The van der Waals surface area contributed by atoms with Crippen molar-refractivity contribution in [1.82, 2.24) is 4.57 Å². The monoisotopic (exact) mass is 236 g/mol. The number of nitrogens with zero attached hydrogens (tertiary/aromatic N) is 2. The molecule has 0 amide bonds. The van der Waals surface area contributed by atoms with Crippen LogP contribution in [-0.2, 0) is 19.9 Å². The van der Waals surface area contributed by atoms with E-state index in [4.69, 9.17) is 7.85 Å². The van der Waals surface area contributed by atoms with Crippen molar-refractivity contribution in [1.29, 1.82) is 0 Å². The van der Waals surface area contributed by atoms with Crippen LogP contribution in [0.5, 0.6) is 0 Å². The lowest BCUT2D eigenvalue weighted by atomic mass is 9.81. The maximum Gasteiger partial charge on any atom is 0.184 e. The van der Waals surface area contributed by atoms with Gasteiger partial charge < -0.3 is 4.57 Å². The molecule has 0 spiro atoms. The molecule has 0 N–H and O–H groups in total. The molecule has 0 bridgehead atoms. The quantitative estimate of drug-likeness (QED) is 0.486. The zero-order valence-electron chi connectivity index (χ0n) is 10.8. The second kappa shape index (κ2) is 6.28. The van der Waals surface area contributed by atoms with Gasteiger partial charge in [-0.2, -0.15) is 0 Å². The maximum atomic E-state index is 6.02. The normalized spacial score (nSPS) is 20.8. The molecule has 16 heavy (non-hydrogen) atoms. The van der Waals surface area contributed by atoms with Crippen LogP contribution in [0.4, 0.5) is 0 Å². The van der Waals surface area contributed by atoms with Crippen LogP contribution in [0.15, 0.2) is 4.99 Å². The lowest BCUT2D eigenvalue weighted by molar-refractivity contribution is 0.689. The summed E-state index contributed by atoms with van der Waals surface area (Å²) in [6.45, 7) is 4.00. The van der Waals surface area contributed by atoms with E-state index in [0.29, 0.717) is 5.82 Å². The molecule has 1 aromatic rings. The fourth-order valence-electron chi connectivity index (χ4n) is 2.07. The summed E-state index contributed by atoms with van der Waals surface area (Å²) >= 11 is 1.80. The van der Waals surface area contributed by atoms with Gasteiger partial charge in [-0.05, 0) is 19.3 Å². The van der Waals surface area contributed by atoms with Crippen LogP contribution < -0.4 is 4.80 Å². The molecule has 0 saturated carbocycles. The van der Waals surface area contributed by atoms with E-state index in [1.54, 1.807) is 11.3 Å². The van der Waals surface area contributed by atoms with E-state index >= 15 is 0 Å². The molecule has 0 aromatic carbocycles. The van der Waals surface area contributed by atoms with Crippen LogP contribution in [0.3, 0.4) is 0 Å². The van der Waals surface area contributed by atoms with Crippen molar-refractivity contribution in [3.63, 3.8) is 0 Å². The van der Waals surface area contributed by atoms with Crippen LogP contribution in [0.2, 0.25) is 5.82 Å². The van der Waals surface area contributed by atoms with E-state index in [-0.39, 0.29) is 0 Å². The molecule has 1 aromatic heterocycles. The first kappa shape index (κ1) is 13.6. The molecule has 1 unspecified atom stereocenters. The fourth-order valence-corrected chi connectivity index (χ4v) is 3.29. The van der Waals surface area contributed by atoms with E-state index in [2.05, 4.69) is 16.6 Å². The molecule has 1 atom stereocenters. The van der Waals surface area contributed by atoms with Gasteiger partial charge in [0.25, 0.3) is 0 Å². The van der Waals surface area contributed by atoms with Crippen molar-refractivity contribution in [2.75, 3.05) is 7.05 Å². The molecule has 0 aliphatic heterocycles. The molecule has 0 saturated heterocycles. The summed E-state index contributed by atoms with van der Waals surface area (Å²) < 4.78 is 2.22. The molecule has 0 fully saturated rings. The highest BCUT2D eigenvalue weighted by molar-refractivity contribution is 7.09. The highest BCUT2D eigenvalue weighted by Crippen LogP contribution is 2.27. The second-order valence-corrected chi connectivity index (χ2v) is 4.96. The van der Waals surface area contributed by atoms with Crippen LogP contribution >= 0.6 is 11.3 Å². The average Bonchev–Trinajstić information content (AvgIpc) is 2.49. The van der Waals surface area contributed by atoms with Gasteiger partial charge in [0.05, 0.1) is 7.85 Å². The van der Waals surface area contributed by atoms with Crippen LogP contribution in [0.25, 0.3) is 0 Å². The Kier molecular flexibility index (Phi) is 5.33. The number of hydrogen-bond acceptors (Lipinski definition) is 2. The summed E-state index contributed by atoms with van der Waals surface area (Å²) in [6, 6.07) is 0. The van der Waals surface area contributed by atoms with Gasteiger partial charge >= 0.3 is 0 Å². The Morgan fingerprint density at radius 2 is 2.12 bits per heavy atom. The number of fused-ring (bicyclic) bond motifs is 1. The Morgan fingerprint density at radius 1 is 1.44 bits per heavy atom. The van der Waals surface area contributed by atoms with Crippen molar-refractivity contribution in [2.45, 2.75) is 45.3 Å². The zero-order valence-corrected chi connectivity index (χ0v) is 11.6. The third-order valence-electron chi connectivity index (χ3n) is 2.86. The molecule has 2 rings (SSSR count). The van der Waals surface area contributed by atoms with E-state index in [0.717, 1.165) is 24.1 Å². The van der Waals surface area contributed by atoms with Crippen LogP contribution in [-0.4, -0.2) is 19.5 Å². The van der Waals surface area contributed by atoms with Gasteiger partial charge in [-0.1, -0.05) is 26.1 Å². The molecule has 1 aliphatic carbocycles.